The van der Waals surface area contributed by atoms with E-state index in [2.05, 4.69) is 33.4 Å². The molecule has 0 N–H and O–H groups in total. The number of carbonyl (C=O) groups excluding carboxylic acids is 1. The van der Waals surface area contributed by atoms with E-state index in [1.54, 1.807) is 0 Å². The Labute approximate surface area is 145 Å². The van der Waals surface area contributed by atoms with Gasteiger partial charge in [-0.2, -0.15) is 5.10 Å². The molecule has 3 aliphatic rings. The molecular weight excluding hydrogens is 300 g/mol. The number of hydrogen-bond acceptors (Lipinski definition) is 3. The molecule has 1 aromatic rings. The third-order valence-electron chi connectivity index (χ3n) is 6.26. The third kappa shape index (κ3) is 2.57. The fourth-order valence-corrected chi connectivity index (χ4v) is 4.73. The molecule has 1 atom stereocenters. The zero-order valence-corrected chi connectivity index (χ0v) is 15.1. The standard InChI is InChI=1S/C19H30N4O/c1-3-10-23-15(2)16(13-20-23)14-21-11-4-8-19(21)9-5-12-22(18(19)24)17-6-7-17/h13,17H,3-12,14H2,1-2H3. The van der Waals surface area contributed by atoms with Crippen molar-refractivity contribution < 1.29 is 4.79 Å². The lowest BCUT2D eigenvalue weighted by molar-refractivity contribution is -0.148. The van der Waals surface area contributed by atoms with Gasteiger partial charge in [0.15, 0.2) is 0 Å². The van der Waals surface area contributed by atoms with Crippen molar-refractivity contribution in [1.82, 2.24) is 19.6 Å². The summed E-state index contributed by atoms with van der Waals surface area (Å²) in [5.74, 6) is 0.423. The molecule has 4 rings (SSSR count). The Kier molecular flexibility index (Phi) is 4.15. The lowest BCUT2D eigenvalue weighted by Crippen LogP contribution is -2.60. The van der Waals surface area contributed by atoms with Crippen molar-refractivity contribution in [2.75, 3.05) is 13.1 Å². The van der Waals surface area contributed by atoms with Gasteiger partial charge in [0.05, 0.1) is 6.20 Å². The van der Waals surface area contributed by atoms with Crippen molar-refractivity contribution in [3.63, 3.8) is 0 Å². The fourth-order valence-electron chi connectivity index (χ4n) is 4.73. The van der Waals surface area contributed by atoms with Crippen LogP contribution in [0, 0.1) is 6.92 Å². The molecule has 2 aliphatic heterocycles. The largest absolute Gasteiger partial charge is 0.338 e. The predicted octanol–water partition coefficient (Wildman–Crippen LogP) is 2.72. The van der Waals surface area contributed by atoms with E-state index in [4.69, 9.17) is 0 Å². The first kappa shape index (κ1) is 16.1. The topological polar surface area (TPSA) is 41.4 Å². The van der Waals surface area contributed by atoms with Crippen LogP contribution in [0.5, 0.6) is 0 Å². The Morgan fingerprint density at radius 1 is 1.25 bits per heavy atom. The van der Waals surface area contributed by atoms with E-state index >= 15 is 0 Å². The summed E-state index contributed by atoms with van der Waals surface area (Å²) in [6.45, 7) is 8.23. The van der Waals surface area contributed by atoms with Crippen LogP contribution in [-0.2, 0) is 17.9 Å². The zero-order chi connectivity index (χ0) is 16.7. The van der Waals surface area contributed by atoms with Crippen LogP contribution in [0.1, 0.15) is 63.1 Å². The summed E-state index contributed by atoms with van der Waals surface area (Å²) >= 11 is 0. The molecule has 0 radical (unpaired) electrons. The monoisotopic (exact) mass is 330 g/mol. The van der Waals surface area contributed by atoms with Crippen molar-refractivity contribution in [1.29, 1.82) is 0 Å². The molecule has 1 aliphatic carbocycles. The van der Waals surface area contributed by atoms with Crippen LogP contribution >= 0.6 is 0 Å². The number of piperidine rings is 1. The fraction of sp³-hybridized carbons (Fsp3) is 0.789. The van der Waals surface area contributed by atoms with Crippen LogP contribution < -0.4 is 0 Å². The summed E-state index contributed by atoms with van der Waals surface area (Å²) in [5.41, 5.74) is 2.34. The summed E-state index contributed by atoms with van der Waals surface area (Å²) in [5, 5.41) is 4.55. The molecule has 24 heavy (non-hydrogen) atoms. The molecule has 5 heteroatoms. The van der Waals surface area contributed by atoms with E-state index in [1.807, 2.05) is 6.20 Å². The number of rotatable bonds is 5. The van der Waals surface area contributed by atoms with Crippen LogP contribution in [0.3, 0.4) is 0 Å². The van der Waals surface area contributed by atoms with Crippen molar-refractivity contribution in [2.45, 2.75) is 83.5 Å². The van der Waals surface area contributed by atoms with Crippen molar-refractivity contribution >= 4 is 5.91 Å². The van der Waals surface area contributed by atoms with E-state index in [0.717, 1.165) is 58.3 Å². The van der Waals surface area contributed by atoms with Gasteiger partial charge >= 0.3 is 0 Å². The first-order valence-electron chi connectivity index (χ1n) is 9.73. The highest BCUT2D eigenvalue weighted by atomic mass is 16.2. The minimum atomic E-state index is -0.222. The Morgan fingerprint density at radius 3 is 2.71 bits per heavy atom. The molecule has 1 aromatic heterocycles. The summed E-state index contributed by atoms with van der Waals surface area (Å²) in [7, 11) is 0. The summed E-state index contributed by atoms with van der Waals surface area (Å²) in [4.78, 5) is 18.0. The van der Waals surface area contributed by atoms with Crippen LogP contribution in [0.4, 0.5) is 0 Å². The molecule has 1 unspecified atom stereocenters. The highest BCUT2D eigenvalue weighted by molar-refractivity contribution is 5.88. The second-order valence-corrected chi connectivity index (χ2v) is 7.87. The highest BCUT2D eigenvalue weighted by Crippen LogP contribution is 2.42. The summed E-state index contributed by atoms with van der Waals surface area (Å²) in [6.07, 6.45) is 9.93. The molecule has 1 amide bonds. The Morgan fingerprint density at radius 2 is 2.00 bits per heavy atom. The van der Waals surface area contributed by atoms with Gasteiger partial charge < -0.3 is 4.90 Å². The van der Waals surface area contributed by atoms with Gasteiger partial charge in [0.25, 0.3) is 0 Å². The van der Waals surface area contributed by atoms with E-state index in [9.17, 15) is 4.79 Å². The van der Waals surface area contributed by atoms with Crippen LogP contribution in [0.25, 0.3) is 0 Å². The van der Waals surface area contributed by atoms with E-state index in [-0.39, 0.29) is 5.54 Å². The summed E-state index contributed by atoms with van der Waals surface area (Å²) < 4.78 is 2.11. The van der Waals surface area contributed by atoms with Gasteiger partial charge in [0, 0.05) is 36.9 Å². The normalized spacial score (nSPS) is 28.2. The average Bonchev–Trinajstić information content (AvgIpc) is 3.27. The molecule has 3 heterocycles. The third-order valence-corrected chi connectivity index (χ3v) is 6.26. The first-order chi connectivity index (χ1) is 11.7. The molecular formula is C19H30N4O. The lowest BCUT2D eigenvalue weighted by atomic mass is 9.85. The maximum atomic E-state index is 13.3. The number of carbonyl (C=O) groups is 1. The number of aromatic nitrogens is 2. The first-order valence-corrected chi connectivity index (χ1v) is 9.73. The summed E-state index contributed by atoms with van der Waals surface area (Å²) in [6, 6.07) is 0.547. The zero-order valence-electron chi connectivity index (χ0n) is 15.1. The Balaban J connectivity index is 1.55. The van der Waals surface area contributed by atoms with Gasteiger partial charge in [-0.25, -0.2) is 0 Å². The molecule has 132 valence electrons. The van der Waals surface area contributed by atoms with E-state index in [0.29, 0.717) is 11.9 Å². The molecule has 1 saturated carbocycles. The minimum absolute atomic E-state index is 0.222. The number of aryl methyl sites for hydroxylation is 1. The maximum Gasteiger partial charge on any atom is 0.243 e. The molecule has 0 aromatic carbocycles. The van der Waals surface area contributed by atoms with Gasteiger partial charge in [-0.15, -0.1) is 0 Å². The molecule has 2 saturated heterocycles. The van der Waals surface area contributed by atoms with Crippen molar-refractivity contribution in [3.05, 3.63) is 17.5 Å². The number of likely N-dealkylation sites (tertiary alicyclic amines) is 2. The van der Waals surface area contributed by atoms with E-state index < -0.39 is 0 Å². The number of nitrogens with zero attached hydrogens (tertiary/aromatic N) is 4. The average molecular weight is 330 g/mol. The lowest BCUT2D eigenvalue weighted by Gasteiger charge is -2.45. The smallest absolute Gasteiger partial charge is 0.243 e. The Bertz CT molecular complexity index is 621. The van der Waals surface area contributed by atoms with Crippen LogP contribution in [0.2, 0.25) is 0 Å². The van der Waals surface area contributed by atoms with Crippen molar-refractivity contribution in [2.24, 2.45) is 0 Å². The SMILES string of the molecule is CCCn1ncc(CN2CCCC23CCCN(C2CC2)C3=O)c1C. The molecule has 0 bridgehead atoms. The predicted molar refractivity (Wildman–Crippen MR) is 93.6 cm³/mol. The second-order valence-electron chi connectivity index (χ2n) is 7.87. The van der Waals surface area contributed by atoms with Gasteiger partial charge in [0.1, 0.15) is 5.54 Å². The highest BCUT2D eigenvalue weighted by Gasteiger charge is 2.53. The maximum absolute atomic E-state index is 13.3. The minimum Gasteiger partial charge on any atom is -0.338 e. The van der Waals surface area contributed by atoms with Gasteiger partial charge in [-0.3, -0.25) is 14.4 Å². The molecule has 1 spiro atoms. The molecule has 3 fully saturated rings. The van der Waals surface area contributed by atoms with Crippen LogP contribution in [-0.4, -0.2) is 50.2 Å². The van der Waals surface area contributed by atoms with E-state index in [1.165, 1.54) is 24.1 Å². The second kappa shape index (κ2) is 6.17. The Hall–Kier alpha value is -1.36. The van der Waals surface area contributed by atoms with Gasteiger partial charge in [0.2, 0.25) is 5.91 Å². The van der Waals surface area contributed by atoms with Gasteiger partial charge in [-0.05, 0) is 58.4 Å². The van der Waals surface area contributed by atoms with Gasteiger partial charge in [-0.1, -0.05) is 6.92 Å². The van der Waals surface area contributed by atoms with Crippen LogP contribution in [0.15, 0.2) is 6.20 Å². The quantitative estimate of drug-likeness (QED) is 0.833. The number of amides is 1. The number of hydrogen-bond donors (Lipinski definition) is 0. The molecule has 5 nitrogen and oxygen atoms in total. The van der Waals surface area contributed by atoms with Crippen molar-refractivity contribution in [3.8, 4) is 0 Å².